The maximum absolute atomic E-state index is 12.1. The average molecular weight is 621 g/mol. The van der Waals surface area contributed by atoms with Crippen molar-refractivity contribution in [3.8, 4) is 11.8 Å². The fourth-order valence-electron chi connectivity index (χ4n) is 3.64. The molecule has 1 unspecified atom stereocenters. The van der Waals surface area contributed by atoms with Crippen LogP contribution in [0.2, 0.25) is 0 Å². The standard InChI is InChI=1S/C22H23N3O5S.C6H13NO3S/c1-22(21(27)24-28,31(2,29)30)11-12-25-14-19-13-17(9-10-20(19)23-25)6-3-16-4-7-18(15-26)8-5-16;1-4-6(2,5(7)8)11(3,9)10/h4-5,7-10,13-14,26,28H,11-12,15H2,1-2H3,(H,24,27);4H2,1-3H3,(H2,7,8)/t22-;/m1./s1. The number of aryl methyl sites for hydroxylation is 1. The van der Waals surface area contributed by atoms with Gasteiger partial charge in [-0.15, -0.1) is 0 Å². The van der Waals surface area contributed by atoms with Crippen molar-refractivity contribution >= 4 is 42.4 Å². The van der Waals surface area contributed by atoms with E-state index < -0.39 is 41.0 Å². The molecular weight excluding hydrogens is 584 g/mol. The zero-order valence-corrected chi connectivity index (χ0v) is 25.7. The highest BCUT2D eigenvalue weighted by Crippen LogP contribution is 2.23. The van der Waals surface area contributed by atoms with E-state index in [1.807, 2.05) is 42.5 Å². The minimum absolute atomic E-state index is 0.0115. The van der Waals surface area contributed by atoms with Gasteiger partial charge in [-0.1, -0.05) is 30.9 Å². The molecule has 0 saturated carbocycles. The number of nitrogens with two attached hydrogens (primary N) is 1. The van der Waals surface area contributed by atoms with Crippen molar-refractivity contribution < 1.29 is 36.7 Å². The summed E-state index contributed by atoms with van der Waals surface area (Å²) in [6.45, 7) is 4.39. The Balaban J connectivity index is 0.000000476. The molecule has 2 atom stereocenters. The van der Waals surface area contributed by atoms with Gasteiger partial charge < -0.3 is 10.8 Å². The second kappa shape index (κ2) is 13.5. The Morgan fingerprint density at radius 2 is 1.52 bits per heavy atom. The lowest BCUT2D eigenvalue weighted by atomic mass is 10.1. The second-order valence-corrected chi connectivity index (χ2v) is 15.1. The molecule has 0 aliphatic carbocycles. The summed E-state index contributed by atoms with van der Waals surface area (Å²) < 4.78 is 44.6. The number of fused-ring (bicyclic) bond motifs is 1. The van der Waals surface area contributed by atoms with Gasteiger partial charge in [-0.25, -0.2) is 22.3 Å². The Hall–Kier alpha value is -3.77. The van der Waals surface area contributed by atoms with E-state index in [0.717, 1.165) is 34.6 Å². The Bertz CT molecular complexity index is 1720. The van der Waals surface area contributed by atoms with Crippen LogP contribution in [0.1, 0.15) is 50.3 Å². The predicted molar refractivity (Wildman–Crippen MR) is 159 cm³/mol. The number of carbonyl (C=O) groups is 2. The highest BCUT2D eigenvalue weighted by atomic mass is 32.2. The third-order valence-electron chi connectivity index (χ3n) is 7.27. The van der Waals surface area contributed by atoms with Gasteiger partial charge >= 0.3 is 0 Å². The van der Waals surface area contributed by atoms with Crippen LogP contribution in [-0.4, -0.2) is 70.7 Å². The van der Waals surface area contributed by atoms with E-state index in [-0.39, 0.29) is 26.0 Å². The molecule has 2 amide bonds. The maximum Gasteiger partial charge on any atom is 0.264 e. The first-order valence-corrected chi connectivity index (χ1v) is 16.5. The molecule has 3 aromatic rings. The molecule has 1 heterocycles. The van der Waals surface area contributed by atoms with Crippen LogP contribution in [0.3, 0.4) is 0 Å². The highest BCUT2D eigenvalue weighted by Gasteiger charge is 2.43. The van der Waals surface area contributed by atoms with Gasteiger partial charge in [0.05, 0.1) is 12.1 Å². The van der Waals surface area contributed by atoms with E-state index in [2.05, 4.69) is 16.9 Å². The summed E-state index contributed by atoms with van der Waals surface area (Å²) in [5.41, 5.74) is 9.55. The number of hydroxylamine groups is 1. The van der Waals surface area contributed by atoms with Gasteiger partial charge in [0.2, 0.25) is 5.91 Å². The summed E-state index contributed by atoms with van der Waals surface area (Å²) in [6, 6.07) is 12.9. The molecular formula is C28H36N4O8S2. The number of primary amides is 1. The lowest BCUT2D eigenvalue weighted by molar-refractivity contribution is -0.131. The minimum Gasteiger partial charge on any atom is -0.392 e. The molecule has 12 nitrogen and oxygen atoms in total. The number of aliphatic hydroxyl groups excluding tert-OH is 1. The molecule has 0 saturated heterocycles. The number of hydrogen-bond donors (Lipinski definition) is 4. The first kappa shape index (κ1) is 34.4. The highest BCUT2D eigenvalue weighted by molar-refractivity contribution is 7.93. The van der Waals surface area contributed by atoms with E-state index in [4.69, 9.17) is 16.0 Å². The number of amides is 2. The molecule has 0 aliphatic heterocycles. The second-order valence-electron chi connectivity index (χ2n) is 10.2. The summed E-state index contributed by atoms with van der Waals surface area (Å²) in [5.74, 6) is 4.39. The maximum atomic E-state index is 12.1. The van der Waals surface area contributed by atoms with Gasteiger partial charge in [-0.3, -0.25) is 19.5 Å². The van der Waals surface area contributed by atoms with Crippen LogP contribution in [-0.2, 0) is 42.4 Å². The Morgan fingerprint density at radius 1 is 0.976 bits per heavy atom. The Labute approximate surface area is 245 Å². The lowest BCUT2D eigenvalue weighted by Gasteiger charge is -2.24. The molecule has 3 rings (SSSR count). The van der Waals surface area contributed by atoms with Crippen molar-refractivity contribution in [1.29, 1.82) is 0 Å². The number of aliphatic hydroxyl groups is 1. The molecule has 0 spiro atoms. The predicted octanol–water partition coefficient (Wildman–Crippen LogP) is 1.31. The van der Waals surface area contributed by atoms with Gasteiger partial charge in [0, 0.05) is 41.8 Å². The molecule has 42 heavy (non-hydrogen) atoms. The number of rotatable bonds is 9. The summed E-state index contributed by atoms with van der Waals surface area (Å²) in [4.78, 5) is 22.7. The van der Waals surface area contributed by atoms with Crippen LogP contribution in [0.15, 0.2) is 48.7 Å². The monoisotopic (exact) mass is 620 g/mol. The van der Waals surface area contributed by atoms with Gasteiger partial charge in [0.25, 0.3) is 5.91 Å². The van der Waals surface area contributed by atoms with Crippen LogP contribution >= 0.6 is 0 Å². The number of nitrogens with zero attached hydrogens (tertiary/aromatic N) is 2. The molecule has 228 valence electrons. The third-order valence-corrected chi connectivity index (χ3v) is 11.4. The fraction of sp³-hybridized carbons (Fsp3) is 0.393. The van der Waals surface area contributed by atoms with Gasteiger partial charge in [-0.2, -0.15) is 5.10 Å². The Morgan fingerprint density at radius 3 is 1.98 bits per heavy atom. The molecule has 5 N–H and O–H groups in total. The van der Waals surface area contributed by atoms with Crippen LogP contribution in [0.25, 0.3) is 10.9 Å². The van der Waals surface area contributed by atoms with E-state index in [9.17, 15) is 26.4 Å². The minimum atomic E-state index is -3.77. The van der Waals surface area contributed by atoms with Gasteiger partial charge in [-0.05, 0) is 62.6 Å². The summed E-state index contributed by atoms with van der Waals surface area (Å²) in [6.07, 6.45) is 3.89. The summed E-state index contributed by atoms with van der Waals surface area (Å²) >= 11 is 0. The first-order chi connectivity index (χ1) is 19.4. The lowest BCUT2D eigenvalue weighted by Crippen LogP contribution is -2.49. The topological polar surface area (TPSA) is 199 Å². The number of sulfone groups is 2. The number of aromatic nitrogens is 2. The summed E-state index contributed by atoms with van der Waals surface area (Å²) in [5, 5.41) is 23.3. The number of benzene rings is 2. The largest absolute Gasteiger partial charge is 0.392 e. The van der Waals surface area contributed by atoms with E-state index >= 15 is 0 Å². The normalized spacial score (nSPS) is 14.4. The molecule has 1 aromatic heterocycles. The third kappa shape index (κ3) is 7.95. The van der Waals surface area contributed by atoms with Crippen LogP contribution in [0, 0.1) is 11.8 Å². The fourth-order valence-corrected chi connectivity index (χ4v) is 5.37. The molecule has 0 bridgehead atoms. The van der Waals surface area contributed by atoms with Gasteiger partial charge in [0.15, 0.2) is 24.4 Å². The van der Waals surface area contributed by atoms with E-state index in [1.165, 1.54) is 19.3 Å². The smallest absolute Gasteiger partial charge is 0.264 e. The Kier molecular flexibility index (Phi) is 11.0. The number of hydrogen-bond acceptors (Lipinski definition) is 9. The zero-order valence-electron chi connectivity index (χ0n) is 24.1. The van der Waals surface area contributed by atoms with E-state index in [1.54, 1.807) is 17.8 Å². The zero-order chi connectivity index (χ0) is 31.9. The van der Waals surface area contributed by atoms with E-state index in [0.29, 0.717) is 5.52 Å². The molecule has 2 aromatic carbocycles. The number of nitrogens with one attached hydrogen (secondary N) is 1. The SMILES string of the molecule is CCC(C)(C(N)=O)S(C)(=O)=O.C[C@@](CCn1cc2cc(C#Cc3ccc(CO)cc3)ccc2n1)(C(=O)NO)S(C)(=O)=O. The molecule has 14 heteroatoms. The average Bonchev–Trinajstić information content (AvgIpc) is 3.35. The molecule has 0 fully saturated rings. The van der Waals surface area contributed by atoms with Crippen molar-refractivity contribution in [3.63, 3.8) is 0 Å². The van der Waals surface area contributed by atoms with Crippen LogP contribution < -0.4 is 11.2 Å². The summed E-state index contributed by atoms with van der Waals surface area (Å²) in [7, 11) is -7.15. The van der Waals surface area contributed by atoms with Gasteiger partial charge in [0.1, 0.15) is 4.75 Å². The molecule has 0 radical (unpaired) electrons. The van der Waals surface area contributed by atoms with Crippen LogP contribution in [0.5, 0.6) is 0 Å². The van der Waals surface area contributed by atoms with Crippen molar-refractivity contribution in [3.05, 3.63) is 65.4 Å². The van der Waals surface area contributed by atoms with Crippen molar-refractivity contribution in [1.82, 2.24) is 15.3 Å². The van der Waals surface area contributed by atoms with Crippen molar-refractivity contribution in [2.75, 3.05) is 12.5 Å². The first-order valence-electron chi connectivity index (χ1n) is 12.7. The van der Waals surface area contributed by atoms with Crippen LogP contribution in [0.4, 0.5) is 0 Å². The molecule has 0 aliphatic rings. The van der Waals surface area contributed by atoms with Crippen molar-refractivity contribution in [2.24, 2.45) is 5.73 Å². The number of carbonyl (C=O) groups excluding carboxylic acids is 2. The quantitative estimate of drug-likeness (QED) is 0.155. The van der Waals surface area contributed by atoms with Crippen molar-refractivity contribution in [2.45, 2.75) is 56.3 Å².